The van der Waals surface area contributed by atoms with Crippen molar-refractivity contribution >= 4 is 11.6 Å². The van der Waals surface area contributed by atoms with Gasteiger partial charge in [-0.1, -0.05) is 0 Å². The van der Waals surface area contributed by atoms with E-state index in [1.54, 1.807) is 43.5 Å². The Balaban J connectivity index is 2.27. The Kier molecular flexibility index (Phi) is 3.00. The molecule has 1 aromatic carbocycles. The van der Waals surface area contributed by atoms with Crippen molar-refractivity contribution in [3.8, 4) is 5.75 Å². The van der Waals surface area contributed by atoms with Crippen LogP contribution in [0, 0.1) is 0 Å². The third-order valence-corrected chi connectivity index (χ3v) is 2.27. The molecule has 5 nitrogen and oxygen atoms in total. The van der Waals surface area contributed by atoms with E-state index in [0.717, 1.165) is 0 Å². The summed E-state index contributed by atoms with van der Waals surface area (Å²) in [6, 6.07) is 9.90. The van der Waals surface area contributed by atoms with Crippen LogP contribution in [0.2, 0.25) is 0 Å². The second-order valence-corrected chi connectivity index (χ2v) is 3.40. The highest BCUT2D eigenvalue weighted by atomic mass is 16.5. The summed E-state index contributed by atoms with van der Waals surface area (Å²) in [5.74, 6) is 0.793. The molecule has 1 aromatic heterocycles. The maximum atomic E-state index is 12.0. The Morgan fingerprint density at radius 3 is 2.35 bits per heavy atom. The maximum Gasteiger partial charge on any atom is 0.213 e. The molecule has 0 unspecified atom stereocenters. The molecular weight excluding hydrogens is 218 g/mol. The van der Waals surface area contributed by atoms with Crippen LogP contribution in [0.1, 0.15) is 16.1 Å². The summed E-state index contributed by atoms with van der Waals surface area (Å²) in [5, 5.41) is 7.38. The quantitative estimate of drug-likeness (QED) is 0.802. The maximum absolute atomic E-state index is 12.0. The van der Waals surface area contributed by atoms with Gasteiger partial charge in [-0.25, -0.2) is 0 Å². The fraction of sp³-hybridized carbons (Fsp3) is 0.0833. The molecule has 17 heavy (non-hydrogen) atoms. The summed E-state index contributed by atoms with van der Waals surface area (Å²) in [6.07, 6.45) is 0. The standard InChI is InChI=1S/C12H11N3O2/c1-17-9-4-2-8(3-5-9)12(16)10-6-7-11(13)15-14-10/h2-7H,1H3,(H2,13,15). The predicted molar refractivity (Wildman–Crippen MR) is 62.9 cm³/mol. The zero-order valence-electron chi connectivity index (χ0n) is 9.25. The minimum atomic E-state index is -0.194. The van der Waals surface area contributed by atoms with Crippen molar-refractivity contribution in [1.82, 2.24) is 10.2 Å². The largest absolute Gasteiger partial charge is 0.497 e. The number of nitrogens with two attached hydrogens (primary N) is 1. The lowest BCUT2D eigenvalue weighted by molar-refractivity contribution is 0.103. The smallest absolute Gasteiger partial charge is 0.213 e. The molecule has 0 atom stereocenters. The molecule has 0 bridgehead atoms. The minimum absolute atomic E-state index is 0.194. The first-order chi connectivity index (χ1) is 8.20. The fourth-order valence-corrected chi connectivity index (χ4v) is 1.35. The normalized spacial score (nSPS) is 9.94. The number of hydrogen-bond donors (Lipinski definition) is 1. The number of carbonyl (C=O) groups excluding carboxylic acids is 1. The minimum Gasteiger partial charge on any atom is -0.497 e. The number of ketones is 1. The molecule has 0 saturated carbocycles. The number of nitrogens with zero attached hydrogens (tertiary/aromatic N) is 2. The van der Waals surface area contributed by atoms with Crippen LogP contribution >= 0.6 is 0 Å². The first-order valence-corrected chi connectivity index (χ1v) is 4.98. The van der Waals surface area contributed by atoms with E-state index in [1.165, 1.54) is 0 Å². The van der Waals surface area contributed by atoms with Gasteiger partial charge >= 0.3 is 0 Å². The van der Waals surface area contributed by atoms with E-state index in [-0.39, 0.29) is 17.3 Å². The van der Waals surface area contributed by atoms with Gasteiger partial charge < -0.3 is 10.5 Å². The molecule has 2 N–H and O–H groups in total. The lowest BCUT2D eigenvalue weighted by atomic mass is 10.1. The van der Waals surface area contributed by atoms with Crippen LogP contribution in [0.4, 0.5) is 5.82 Å². The highest BCUT2D eigenvalue weighted by molar-refractivity contribution is 6.07. The number of aromatic nitrogens is 2. The van der Waals surface area contributed by atoms with Gasteiger partial charge in [0.05, 0.1) is 7.11 Å². The van der Waals surface area contributed by atoms with Crippen LogP contribution in [0.3, 0.4) is 0 Å². The van der Waals surface area contributed by atoms with E-state index in [9.17, 15) is 4.79 Å². The summed E-state index contributed by atoms with van der Waals surface area (Å²) in [7, 11) is 1.57. The molecule has 0 fully saturated rings. The molecule has 5 heteroatoms. The number of benzene rings is 1. The molecule has 1 heterocycles. The second kappa shape index (κ2) is 4.61. The van der Waals surface area contributed by atoms with Crippen molar-refractivity contribution in [1.29, 1.82) is 0 Å². The van der Waals surface area contributed by atoms with E-state index in [4.69, 9.17) is 10.5 Å². The molecule has 2 rings (SSSR count). The molecule has 0 radical (unpaired) electrons. The van der Waals surface area contributed by atoms with Crippen LogP contribution in [0.5, 0.6) is 5.75 Å². The Labute approximate surface area is 98.2 Å². The van der Waals surface area contributed by atoms with Crippen molar-refractivity contribution in [2.75, 3.05) is 12.8 Å². The van der Waals surface area contributed by atoms with Gasteiger partial charge in [-0.3, -0.25) is 4.79 Å². The van der Waals surface area contributed by atoms with E-state index < -0.39 is 0 Å². The Bertz CT molecular complexity index is 520. The predicted octanol–water partition coefficient (Wildman–Crippen LogP) is 1.30. The van der Waals surface area contributed by atoms with Crippen LogP contribution in [0.15, 0.2) is 36.4 Å². The molecule has 0 aliphatic heterocycles. The van der Waals surface area contributed by atoms with E-state index >= 15 is 0 Å². The van der Waals surface area contributed by atoms with E-state index in [2.05, 4.69) is 10.2 Å². The molecule has 0 amide bonds. The van der Waals surface area contributed by atoms with Gasteiger partial charge in [0.1, 0.15) is 17.3 Å². The van der Waals surface area contributed by atoms with Crippen molar-refractivity contribution in [3.05, 3.63) is 47.7 Å². The van der Waals surface area contributed by atoms with Gasteiger partial charge in [0.25, 0.3) is 0 Å². The number of carbonyl (C=O) groups is 1. The summed E-state index contributed by atoms with van der Waals surface area (Å²) in [5.41, 5.74) is 6.20. The van der Waals surface area contributed by atoms with Gasteiger partial charge in [-0.2, -0.15) is 0 Å². The lowest BCUT2D eigenvalue weighted by Crippen LogP contribution is -2.06. The second-order valence-electron chi connectivity index (χ2n) is 3.40. The van der Waals surface area contributed by atoms with Gasteiger partial charge in [-0.05, 0) is 36.4 Å². The molecule has 0 spiro atoms. The highest BCUT2D eigenvalue weighted by Gasteiger charge is 2.10. The topological polar surface area (TPSA) is 78.1 Å². The van der Waals surface area contributed by atoms with Gasteiger partial charge in [0.2, 0.25) is 5.78 Å². The molecule has 0 aliphatic rings. The summed E-state index contributed by atoms with van der Waals surface area (Å²) in [6.45, 7) is 0. The van der Waals surface area contributed by atoms with Crippen molar-refractivity contribution in [2.45, 2.75) is 0 Å². The molecule has 0 saturated heterocycles. The van der Waals surface area contributed by atoms with E-state index in [0.29, 0.717) is 11.3 Å². The number of rotatable bonds is 3. The summed E-state index contributed by atoms with van der Waals surface area (Å²) in [4.78, 5) is 12.0. The van der Waals surface area contributed by atoms with Crippen molar-refractivity contribution < 1.29 is 9.53 Å². The average Bonchev–Trinajstić information content (AvgIpc) is 2.39. The lowest BCUT2D eigenvalue weighted by Gasteiger charge is -2.02. The average molecular weight is 229 g/mol. The van der Waals surface area contributed by atoms with Crippen LogP contribution in [-0.2, 0) is 0 Å². The third kappa shape index (κ3) is 2.39. The van der Waals surface area contributed by atoms with E-state index in [1.807, 2.05) is 0 Å². The van der Waals surface area contributed by atoms with Crippen LogP contribution in [-0.4, -0.2) is 23.1 Å². The van der Waals surface area contributed by atoms with Crippen LogP contribution < -0.4 is 10.5 Å². The summed E-state index contributed by atoms with van der Waals surface area (Å²) < 4.78 is 5.01. The monoisotopic (exact) mass is 229 g/mol. The number of methoxy groups -OCH3 is 1. The zero-order valence-corrected chi connectivity index (χ0v) is 9.25. The van der Waals surface area contributed by atoms with Gasteiger partial charge in [0, 0.05) is 5.56 Å². The van der Waals surface area contributed by atoms with Gasteiger partial charge in [0.15, 0.2) is 0 Å². The van der Waals surface area contributed by atoms with Crippen LogP contribution in [0.25, 0.3) is 0 Å². The van der Waals surface area contributed by atoms with Crippen molar-refractivity contribution in [2.24, 2.45) is 0 Å². The van der Waals surface area contributed by atoms with Gasteiger partial charge in [-0.15, -0.1) is 10.2 Å². The Morgan fingerprint density at radius 1 is 1.12 bits per heavy atom. The molecule has 0 aliphatic carbocycles. The highest BCUT2D eigenvalue weighted by Crippen LogP contribution is 2.14. The number of anilines is 1. The third-order valence-electron chi connectivity index (χ3n) is 2.27. The Hall–Kier alpha value is -2.43. The first kappa shape index (κ1) is 11.1. The Morgan fingerprint density at radius 2 is 1.82 bits per heavy atom. The summed E-state index contributed by atoms with van der Waals surface area (Å²) >= 11 is 0. The molecular formula is C12H11N3O2. The number of hydrogen-bond acceptors (Lipinski definition) is 5. The first-order valence-electron chi connectivity index (χ1n) is 4.98. The zero-order chi connectivity index (χ0) is 12.3. The number of ether oxygens (including phenoxy) is 1. The SMILES string of the molecule is COc1ccc(C(=O)c2ccc(N)nn2)cc1. The molecule has 2 aromatic rings. The fourth-order valence-electron chi connectivity index (χ4n) is 1.35. The molecule has 86 valence electrons. The van der Waals surface area contributed by atoms with Crippen molar-refractivity contribution in [3.63, 3.8) is 0 Å². The number of nitrogen functional groups attached to an aromatic ring is 1.